The molecule has 0 atom stereocenters. The van der Waals surface area contributed by atoms with Crippen LogP contribution in [-0.2, 0) is 4.79 Å². The van der Waals surface area contributed by atoms with Gasteiger partial charge in [-0.15, -0.1) is 0 Å². The molecule has 0 unspecified atom stereocenters. The summed E-state index contributed by atoms with van der Waals surface area (Å²) >= 11 is 0. The number of hydrogen-bond donors (Lipinski definition) is 1. The van der Waals surface area contributed by atoms with Crippen LogP contribution in [0.2, 0.25) is 0 Å². The largest absolute Gasteiger partial charge is 0.478 e. The molecule has 0 aromatic rings. The van der Waals surface area contributed by atoms with Crippen LogP contribution in [-0.4, -0.2) is 23.8 Å². The van der Waals surface area contributed by atoms with Gasteiger partial charge in [0, 0.05) is 18.3 Å². The summed E-state index contributed by atoms with van der Waals surface area (Å²) in [5.41, 5.74) is 1.03. The normalized spacial score (nSPS) is 13.5. The number of carboxylic acid groups (broad SMARTS) is 1. The van der Waals surface area contributed by atoms with E-state index in [1.165, 1.54) is 13.0 Å². The fraction of sp³-hybridized carbons (Fsp3) is 0.429. The lowest BCUT2D eigenvalue weighted by molar-refractivity contribution is -0.132. The molecular weight excluding hydrogens is 130 g/mol. The lowest BCUT2D eigenvalue weighted by Gasteiger charge is -1.91. The zero-order valence-corrected chi connectivity index (χ0v) is 6.38. The first-order valence-electron chi connectivity index (χ1n) is 2.93. The number of allylic oxidation sites excluding steroid dienone is 1. The maximum Gasteiger partial charge on any atom is 0.331 e. The molecular formula is C7H11NO2. The molecule has 0 radical (unpaired) electrons. The van der Waals surface area contributed by atoms with Crippen molar-refractivity contribution in [1.82, 2.24) is 0 Å². The van der Waals surface area contributed by atoms with E-state index in [9.17, 15) is 4.79 Å². The highest BCUT2D eigenvalue weighted by molar-refractivity contribution is 6.00. The van der Waals surface area contributed by atoms with Crippen LogP contribution in [0.25, 0.3) is 0 Å². The van der Waals surface area contributed by atoms with Crippen molar-refractivity contribution >= 4 is 11.7 Å². The maximum absolute atomic E-state index is 10.2. The van der Waals surface area contributed by atoms with Crippen LogP contribution >= 0.6 is 0 Å². The highest BCUT2D eigenvalue weighted by Gasteiger charge is 1.97. The molecule has 0 saturated heterocycles. The second kappa shape index (κ2) is 3.82. The Balaban J connectivity index is 4.31. The van der Waals surface area contributed by atoms with Gasteiger partial charge < -0.3 is 5.11 Å². The van der Waals surface area contributed by atoms with E-state index >= 15 is 0 Å². The Kier molecular flexibility index (Phi) is 3.39. The molecule has 3 heteroatoms. The summed E-state index contributed by atoms with van der Waals surface area (Å²) in [7, 11) is 1.63. The summed E-state index contributed by atoms with van der Waals surface area (Å²) in [5.74, 6) is -0.900. The molecule has 0 saturated carbocycles. The van der Waals surface area contributed by atoms with Crippen molar-refractivity contribution < 1.29 is 9.90 Å². The topological polar surface area (TPSA) is 49.7 Å². The maximum atomic E-state index is 10.2. The van der Waals surface area contributed by atoms with Crippen molar-refractivity contribution in [1.29, 1.82) is 0 Å². The number of nitrogens with zero attached hydrogens (tertiary/aromatic N) is 1. The van der Waals surface area contributed by atoms with Crippen molar-refractivity contribution in [2.75, 3.05) is 7.05 Å². The first kappa shape index (κ1) is 8.88. The van der Waals surface area contributed by atoms with Crippen molar-refractivity contribution in [3.05, 3.63) is 11.6 Å². The molecule has 10 heavy (non-hydrogen) atoms. The Labute approximate surface area is 60.1 Å². The standard InChI is InChI=1S/C7H11NO2/c1-5(7(9)10)4-6(2)8-3/h4H,1-3H3,(H,9,10)/b5-4+,8-6?. The molecule has 0 bridgehead atoms. The summed E-state index contributed by atoms with van der Waals surface area (Å²) in [6.45, 7) is 3.30. The molecule has 0 aliphatic heterocycles. The molecule has 0 fully saturated rings. The van der Waals surface area contributed by atoms with E-state index in [0.29, 0.717) is 5.57 Å². The second-order valence-electron chi connectivity index (χ2n) is 2.00. The van der Waals surface area contributed by atoms with E-state index in [1.807, 2.05) is 0 Å². The Morgan fingerprint density at radius 2 is 2.00 bits per heavy atom. The van der Waals surface area contributed by atoms with Gasteiger partial charge >= 0.3 is 5.97 Å². The zero-order chi connectivity index (χ0) is 8.15. The minimum atomic E-state index is -0.900. The number of carboxylic acids is 1. The quantitative estimate of drug-likeness (QED) is 0.462. The van der Waals surface area contributed by atoms with Crippen LogP contribution in [0.4, 0.5) is 0 Å². The SMILES string of the molecule is CN=C(C)/C=C(\C)C(=O)O. The number of aliphatic carboxylic acids is 1. The van der Waals surface area contributed by atoms with Crippen molar-refractivity contribution in [3.8, 4) is 0 Å². The Bertz CT molecular complexity index is 192. The number of hydrogen-bond acceptors (Lipinski definition) is 2. The van der Waals surface area contributed by atoms with Crippen LogP contribution in [0.1, 0.15) is 13.8 Å². The van der Waals surface area contributed by atoms with Gasteiger partial charge in [0.15, 0.2) is 0 Å². The van der Waals surface area contributed by atoms with E-state index in [0.717, 1.165) is 5.71 Å². The molecule has 0 aromatic heterocycles. The van der Waals surface area contributed by atoms with Crippen LogP contribution in [0.3, 0.4) is 0 Å². The Hall–Kier alpha value is -1.12. The number of carbonyl (C=O) groups is 1. The first-order chi connectivity index (χ1) is 4.57. The summed E-state index contributed by atoms with van der Waals surface area (Å²) in [4.78, 5) is 14.0. The fourth-order valence-electron chi connectivity index (χ4n) is 0.440. The van der Waals surface area contributed by atoms with E-state index in [4.69, 9.17) is 5.11 Å². The third-order valence-corrected chi connectivity index (χ3v) is 1.12. The smallest absolute Gasteiger partial charge is 0.331 e. The molecule has 0 aliphatic rings. The predicted octanol–water partition coefficient (Wildman–Crippen LogP) is 1.11. The summed E-state index contributed by atoms with van der Waals surface area (Å²) in [6, 6.07) is 0. The van der Waals surface area contributed by atoms with Crippen molar-refractivity contribution in [2.24, 2.45) is 4.99 Å². The van der Waals surface area contributed by atoms with E-state index in [-0.39, 0.29) is 0 Å². The predicted molar refractivity (Wildman–Crippen MR) is 40.4 cm³/mol. The molecule has 0 spiro atoms. The van der Waals surface area contributed by atoms with Crippen molar-refractivity contribution in [3.63, 3.8) is 0 Å². The number of aliphatic imine (C=N–C) groups is 1. The average molecular weight is 141 g/mol. The molecule has 0 aliphatic carbocycles. The van der Waals surface area contributed by atoms with Crippen molar-refractivity contribution in [2.45, 2.75) is 13.8 Å². The third-order valence-electron chi connectivity index (χ3n) is 1.12. The molecule has 1 N–H and O–H groups in total. The molecule has 56 valence electrons. The van der Waals surface area contributed by atoms with E-state index in [1.54, 1.807) is 14.0 Å². The summed E-state index contributed by atoms with van der Waals surface area (Å²) in [6.07, 6.45) is 1.53. The molecule has 0 amide bonds. The van der Waals surface area contributed by atoms with Crippen LogP contribution in [0, 0.1) is 0 Å². The van der Waals surface area contributed by atoms with Crippen LogP contribution in [0.15, 0.2) is 16.6 Å². The number of rotatable bonds is 2. The average Bonchev–Trinajstić information content (AvgIpc) is 1.87. The lowest BCUT2D eigenvalue weighted by Crippen LogP contribution is -1.98. The van der Waals surface area contributed by atoms with Gasteiger partial charge in [0.25, 0.3) is 0 Å². The highest BCUT2D eigenvalue weighted by Crippen LogP contribution is 1.92. The van der Waals surface area contributed by atoms with Crippen LogP contribution in [0.5, 0.6) is 0 Å². The summed E-state index contributed by atoms with van der Waals surface area (Å²) in [5, 5.41) is 8.40. The second-order valence-corrected chi connectivity index (χ2v) is 2.00. The minimum Gasteiger partial charge on any atom is -0.478 e. The Morgan fingerprint density at radius 3 is 2.30 bits per heavy atom. The van der Waals surface area contributed by atoms with Gasteiger partial charge in [0.1, 0.15) is 0 Å². The molecule has 0 heterocycles. The summed E-state index contributed by atoms with van der Waals surface area (Å²) < 4.78 is 0. The van der Waals surface area contributed by atoms with E-state index in [2.05, 4.69) is 4.99 Å². The molecule has 3 nitrogen and oxygen atoms in total. The van der Waals surface area contributed by atoms with E-state index < -0.39 is 5.97 Å². The Morgan fingerprint density at radius 1 is 1.50 bits per heavy atom. The van der Waals surface area contributed by atoms with Gasteiger partial charge in [-0.05, 0) is 19.9 Å². The monoisotopic (exact) mass is 141 g/mol. The highest BCUT2D eigenvalue weighted by atomic mass is 16.4. The zero-order valence-electron chi connectivity index (χ0n) is 6.38. The van der Waals surface area contributed by atoms with Gasteiger partial charge in [-0.2, -0.15) is 0 Å². The van der Waals surface area contributed by atoms with Gasteiger partial charge in [0.05, 0.1) is 0 Å². The van der Waals surface area contributed by atoms with Crippen LogP contribution < -0.4 is 0 Å². The van der Waals surface area contributed by atoms with Gasteiger partial charge in [-0.25, -0.2) is 4.79 Å². The first-order valence-corrected chi connectivity index (χ1v) is 2.93. The lowest BCUT2D eigenvalue weighted by atomic mass is 10.2. The molecule has 0 rings (SSSR count). The fourth-order valence-corrected chi connectivity index (χ4v) is 0.440. The molecule has 0 aromatic carbocycles. The van der Waals surface area contributed by atoms with Gasteiger partial charge in [0.2, 0.25) is 0 Å². The minimum absolute atomic E-state index is 0.308. The third kappa shape index (κ3) is 3.02. The van der Waals surface area contributed by atoms with Gasteiger partial charge in [-0.1, -0.05) is 0 Å². The van der Waals surface area contributed by atoms with Gasteiger partial charge in [-0.3, -0.25) is 4.99 Å².